The highest BCUT2D eigenvalue weighted by Crippen LogP contribution is 2.28. The summed E-state index contributed by atoms with van der Waals surface area (Å²) in [5.74, 6) is 0. The quantitative estimate of drug-likeness (QED) is 0.888. The summed E-state index contributed by atoms with van der Waals surface area (Å²) in [7, 11) is 1.88. The highest BCUT2D eigenvalue weighted by atomic mass is 16.5. The summed E-state index contributed by atoms with van der Waals surface area (Å²) in [4.78, 5) is 0. The molecule has 0 bridgehead atoms. The third-order valence-electron chi connectivity index (χ3n) is 4.95. The third kappa shape index (κ3) is 2.85. The van der Waals surface area contributed by atoms with E-state index in [-0.39, 0.29) is 0 Å². The standard InChI is InChI=1S/C17H25NO/c1-19-17-12-5-4-10-16(17)18-15-11-6-8-13-7-2-3-9-14(13)15/h2-3,7,9,15-18H,4-6,8,10-12H2,1H3/p+1/t15-,16+,17+/m1/s1. The Kier molecular flexibility index (Phi) is 4.19. The number of aryl methyl sites for hydroxylation is 1. The SMILES string of the molecule is CO[C@H]1CCCC[C@@H]1[NH2+][C@@H]1CCCc2ccccc21. The van der Waals surface area contributed by atoms with Crippen LogP contribution in [-0.2, 0) is 11.2 Å². The van der Waals surface area contributed by atoms with Gasteiger partial charge in [-0.3, -0.25) is 0 Å². The monoisotopic (exact) mass is 260 g/mol. The second kappa shape index (κ2) is 6.06. The van der Waals surface area contributed by atoms with E-state index in [2.05, 4.69) is 29.6 Å². The van der Waals surface area contributed by atoms with E-state index in [1.807, 2.05) is 7.11 Å². The lowest BCUT2D eigenvalue weighted by Gasteiger charge is -2.33. The molecule has 0 spiro atoms. The summed E-state index contributed by atoms with van der Waals surface area (Å²) < 4.78 is 5.70. The Morgan fingerprint density at radius 3 is 2.79 bits per heavy atom. The van der Waals surface area contributed by atoms with Gasteiger partial charge < -0.3 is 10.1 Å². The molecular weight excluding hydrogens is 234 g/mol. The molecule has 3 rings (SSSR count). The number of benzene rings is 1. The normalized spacial score (nSPS) is 30.9. The summed E-state index contributed by atoms with van der Waals surface area (Å²) in [6.07, 6.45) is 9.65. The van der Waals surface area contributed by atoms with Crippen LogP contribution in [0.15, 0.2) is 24.3 Å². The van der Waals surface area contributed by atoms with Crippen molar-refractivity contribution in [3.05, 3.63) is 35.4 Å². The van der Waals surface area contributed by atoms with Crippen molar-refractivity contribution in [3.63, 3.8) is 0 Å². The zero-order valence-electron chi connectivity index (χ0n) is 12.0. The number of rotatable bonds is 3. The van der Waals surface area contributed by atoms with Gasteiger partial charge in [0, 0.05) is 25.5 Å². The second-order valence-corrected chi connectivity index (χ2v) is 6.11. The third-order valence-corrected chi connectivity index (χ3v) is 4.95. The lowest BCUT2D eigenvalue weighted by molar-refractivity contribution is -0.737. The number of quaternary nitrogens is 1. The lowest BCUT2D eigenvalue weighted by Crippen LogP contribution is -2.93. The Hall–Kier alpha value is -0.860. The van der Waals surface area contributed by atoms with Gasteiger partial charge in [-0.2, -0.15) is 0 Å². The average Bonchev–Trinajstić information content (AvgIpc) is 2.48. The predicted molar refractivity (Wildman–Crippen MR) is 77.1 cm³/mol. The minimum Gasteiger partial charge on any atom is -0.375 e. The highest BCUT2D eigenvalue weighted by molar-refractivity contribution is 5.30. The number of methoxy groups -OCH3 is 1. The van der Waals surface area contributed by atoms with E-state index in [9.17, 15) is 0 Å². The van der Waals surface area contributed by atoms with Gasteiger partial charge in [0.15, 0.2) is 0 Å². The molecule has 1 aromatic rings. The first-order valence-electron chi connectivity index (χ1n) is 7.84. The first kappa shape index (κ1) is 13.1. The van der Waals surface area contributed by atoms with Crippen LogP contribution in [0.25, 0.3) is 0 Å². The van der Waals surface area contributed by atoms with Gasteiger partial charge in [0.1, 0.15) is 18.2 Å². The maximum absolute atomic E-state index is 5.70. The minimum absolute atomic E-state index is 0.461. The zero-order chi connectivity index (χ0) is 13.1. The first-order valence-corrected chi connectivity index (χ1v) is 7.84. The van der Waals surface area contributed by atoms with Crippen LogP contribution in [0, 0.1) is 0 Å². The van der Waals surface area contributed by atoms with Crippen LogP contribution >= 0.6 is 0 Å². The van der Waals surface area contributed by atoms with Crippen molar-refractivity contribution in [2.75, 3.05) is 7.11 Å². The molecule has 0 radical (unpaired) electrons. The second-order valence-electron chi connectivity index (χ2n) is 6.11. The van der Waals surface area contributed by atoms with Crippen molar-refractivity contribution in [3.8, 4) is 0 Å². The molecule has 1 fully saturated rings. The maximum Gasteiger partial charge on any atom is 0.113 e. The van der Waals surface area contributed by atoms with E-state index in [0.29, 0.717) is 18.2 Å². The molecule has 0 heterocycles. The summed E-state index contributed by atoms with van der Waals surface area (Å²) >= 11 is 0. The Balaban J connectivity index is 1.73. The van der Waals surface area contributed by atoms with Gasteiger partial charge in [0.05, 0.1) is 0 Å². The van der Waals surface area contributed by atoms with Crippen molar-refractivity contribution in [1.29, 1.82) is 0 Å². The molecule has 19 heavy (non-hydrogen) atoms. The minimum atomic E-state index is 0.461. The molecule has 2 nitrogen and oxygen atoms in total. The number of ether oxygens (including phenoxy) is 1. The van der Waals surface area contributed by atoms with Crippen LogP contribution in [-0.4, -0.2) is 19.3 Å². The first-order chi connectivity index (χ1) is 9.38. The molecule has 3 atom stereocenters. The fraction of sp³-hybridized carbons (Fsp3) is 0.647. The van der Waals surface area contributed by atoms with Crippen LogP contribution in [0.4, 0.5) is 0 Å². The molecule has 0 unspecified atom stereocenters. The van der Waals surface area contributed by atoms with E-state index in [4.69, 9.17) is 4.74 Å². The van der Waals surface area contributed by atoms with Crippen molar-refractivity contribution >= 4 is 0 Å². The fourth-order valence-corrected chi connectivity index (χ4v) is 3.93. The van der Waals surface area contributed by atoms with Crippen molar-refractivity contribution < 1.29 is 10.1 Å². The molecule has 2 aliphatic rings. The van der Waals surface area contributed by atoms with E-state index < -0.39 is 0 Å². The number of hydrogen-bond acceptors (Lipinski definition) is 1. The largest absolute Gasteiger partial charge is 0.375 e. The molecular formula is C17H26NO+. The Morgan fingerprint density at radius 1 is 1.05 bits per heavy atom. The van der Waals surface area contributed by atoms with Crippen LogP contribution in [0.5, 0.6) is 0 Å². The van der Waals surface area contributed by atoms with Crippen molar-refractivity contribution in [2.24, 2.45) is 0 Å². The highest BCUT2D eigenvalue weighted by Gasteiger charge is 2.32. The van der Waals surface area contributed by atoms with Gasteiger partial charge in [-0.1, -0.05) is 30.7 Å². The number of hydrogen-bond donors (Lipinski definition) is 1. The molecule has 2 aliphatic carbocycles. The van der Waals surface area contributed by atoms with E-state index in [1.165, 1.54) is 44.9 Å². The van der Waals surface area contributed by atoms with E-state index in [1.54, 1.807) is 11.1 Å². The smallest absolute Gasteiger partial charge is 0.113 e. The predicted octanol–water partition coefficient (Wildman–Crippen LogP) is 2.58. The molecule has 0 aromatic heterocycles. The van der Waals surface area contributed by atoms with Gasteiger partial charge in [0.2, 0.25) is 0 Å². The van der Waals surface area contributed by atoms with Gasteiger partial charge >= 0.3 is 0 Å². The van der Waals surface area contributed by atoms with Crippen molar-refractivity contribution in [2.45, 2.75) is 63.1 Å². The molecule has 0 aliphatic heterocycles. The van der Waals surface area contributed by atoms with E-state index in [0.717, 1.165) is 0 Å². The summed E-state index contributed by atoms with van der Waals surface area (Å²) in [5.41, 5.74) is 3.15. The summed E-state index contributed by atoms with van der Waals surface area (Å²) in [5, 5.41) is 2.62. The number of nitrogens with two attached hydrogens (primary N) is 1. The number of fused-ring (bicyclic) bond motifs is 1. The maximum atomic E-state index is 5.70. The van der Waals surface area contributed by atoms with Crippen LogP contribution in [0.2, 0.25) is 0 Å². The Labute approximate surface area is 116 Å². The molecule has 0 saturated heterocycles. The van der Waals surface area contributed by atoms with Crippen LogP contribution in [0.3, 0.4) is 0 Å². The fourth-order valence-electron chi connectivity index (χ4n) is 3.93. The molecule has 2 heteroatoms. The zero-order valence-corrected chi connectivity index (χ0v) is 12.0. The average molecular weight is 260 g/mol. The van der Waals surface area contributed by atoms with Gasteiger partial charge in [0.25, 0.3) is 0 Å². The Morgan fingerprint density at radius 2 is 1.89 bits per heavy atom. The van der Waals surface area contributed by atoms with Gasteiger partial charge in [-0.15, -0.1) is 0 Å². The van der Waals surface area contributed by atoms with Crippen LogP contribution in [0.1, 0.15) is 55.7 Å². The van der Waals surface area contributed by atoms with Crippen molar-refractivity contribution in [1.82, 2.24) is 0 Å². The van der Waals surface area contributed by atoms with Crippen LogP contribution < -0.4 is 5.32 Å². The lowest BCUT2D eigenvalue weighted by atomic mass is 9.85. The van der Waals surface area contributed by atoms with Gasteiger partial charge in [-0.05, 0) is 31.2 Å². The molecule has 2 N–H and O–H groups in total. The topological polar surface area (TPSA) is 25.8 Å². The summed E-state index contributed by atoms with van der Waals surface area (Å²) in [6.45, 7) is 0. The molecule has 1 saturated carbocycles. The van der Waals surface area contributed by atoms with Gasteiger partial charge in [-0.25, -0.2) is 0 Å². The molecule has 0 amide bonds. The molecule has 104 valence electrons. The van der Waals surface area contributed by atoms with E-state index >= 15 is 0 Å². The Bertz CT molecular complexity index is 417. The molecule has 1 aromatic carbocycles. The summed E-state index contributed by atoms with van der Waals surface area (Å²) in [6, 6.07) is 10.3.